The van der Waals surface area contributed by atoms with Gasteiger partial charge < -0.3 is 5.32 Å². The monoisotopic (exact) mass is 305 g/mol. The maximum absolute atomic E-state index is 12.0. The Hall–Kier alpha value is -2.88. The lowest BCUT2D eigenvalue weighted by Crippen LogP contribution is -2.11. The molecule has 3 rings (SSSR count). The number of aryl methyl sites for hydroxylation is 1. The maximum atomic E-state index is 12.0. The average Bonchev–Trinajstić information content (AvgIpc) is 3.02. The molecule has 0 bridgehead atoms. The lowest BCUT2D eigenvalue weighted by atomic mass is 10.1. The first kappa shape index (κ1) is 15.0. The Labute approximate surface area is 135 Å². The van der Waals surface area contributed by atoms with Crippen molar-refractivity contribution in [2.24, 2.45) is 0 Å². The molecule has 0 aliphatic carbocycles. The number of rotatable bonds is 6. The fourth-order valence-electron chi connectivity index (χ4n) is 2.41. The average molecular weight is 305 g/mol. The van der Waals surface area contributed by atoms with Crippen molar-refractivity contribution in [1.29, 1.82) is 0 Å². The van der Waals surface area contributed by atoms with Gasteiger partial charge in [-0.2, -0.15) is 5.10 Å². The van der Waals surface area contributed by atoms with Gasteiger partial charge in [0.2, 0.25) is 5.91 Å². The van der Waals surface area contributed by atoms with Gasteiger partial charge in [-0.1, -0.05) is 60.7 Å². The minimum absolute atomic E-state index is 0.00751. The summed E-state index contributed by atoms with van der Waals surface area (Å²) in [7, 11) is 0. The third kappa shape index (κ3) is 4.54. The number of aromatic nitrogens is 2. The van der Waals surface area contributed by atoms with E-state index in [2.05, 4.69) is 22.5 Å². The van der Waals surface area contributed by atoms with Crippen LogP contribution < -0.4 is 5.32 Å². The molecule has 2 aromatic carbocycles. The number of carbonyl (C=O) groups excluding carboxylic acids is 1. The van der Waals surface area contributed by atoms with Crippen LogP contribution in [0.15, 0.2) is 73.1 Å². The van der Waals surface area contributed by atoms with Gasteiger partial charge in [0, 0.05) is 12.6 Å². The third-order valence-corrected chi connectivity index (χ3v) is 3.59. The summed E-state index contributed by atoms with van der Waals surface area (Å²) in [5.41, 5.74) is 3.08. The van der Waals surface area contributed by atoms with Crippen molar-refractivity contribution < 1.29 is 4.79 Å². The topological polar surface area (TPSA) is 46.9 Å². The van der Waals surface area contributed by atoms with Crippen molar-refractivity contribution in [3.63, 3.8) is 0 Å². The third-order valence-electron chi connectivity index (χ3n) is 3.59. The second kappa shape index (κ2) is 7.40. The van der Waals surface area contributed by atoms with Gasteiger partial charge in [-0.3, -0.25) is 9.48 Å². The first-order chi connectivity index (χ1) is 11.3. The van der Waals surface area contributed by atoms with E-state index in [1.807, 2.05) is 59.4 Å². The minimum atomic E-state index is 0.00751. The summed E-state index contributed by atoms with van der Waals surface area (Å²) in [6, 6.07) is 20.1. The molecule has 1 amide bonds. The molecule has 4 nitrogen and oxygen atoms in total. The van der Waals surface area contributed by atoms with Crippen LogP contribution in [0.4, 0.5) is 5.69 Å². The Morgan fingerprint density at radius 1 is 0.957 bits per heavy atom. The van der Waals surface area contributed by atoms with E-state index in [9.17, 15) is 4.79 Å². The molecule has 0 saturated carbocycles. The normalized spacial score (nSPS) is 10.4. The van der Waals surface area contributed by atoms with E-state index < -0.39 is 0 Å². The molecule has 0 aliphatic heterocycles. The molecule has 1 heterocycles. The van der Waals surface area contributed by atoms with Crippen molar-refractivity contribution in [2.75, 3.05) is 5.32 Å². The molecule has 0 saturated heterocycles. The van der Waals surface area contributed by atoms with Crippen molar-refractivity contribution in [2.45, 2.75) is 19.4 Å². The van der Waals surface area contributed by atoms with Crippen LogP contribution in [-0.4, -0.2) is 15.7 Å². The molecule has 0 unspecified atom stereocenters. The molecular weight excluding hydrogens is 286 g/mol. The fourth-order valence-corrected chi connectivity index (χ4v) is 2.41. The summed E-state index contributed by atoms with van der Waals surface area (Å²) in [6.45, 7) is 0.695. The van der Waals surface area contributed by atoms with Crippen LogP contribution in [0, 0.1) is 0 Å². The van der Waals surface area contributed by atoms with Gasteiger partial charge in [-0.15, -0.1) is 0 Å². The summed E-state index contributed by atoms with van der Waals surface area (Å²) in [5.74, 6) is 0.00751. The van der Waals surface area contributed by atoms with Crippen LogP contribution in [0.5, 0.6) is 0 Å². The van der Waals surface area contributed by atoms with Crippen LogP contribution in [0.1, 0.15) is 17.5 Å². The van der Waals surface area contributed by atoms with E-state index in [1.54, 1.807) is 6.20 Å². The van der Waals surface area contributed by atoms with Crippen LogP contribution in [0.25, 0.3) is 0 Å². The van der Waals surface area contributed by atoms with Gasteiger partial charge in [0.15, 0.2) is 0 Å². The highest BCUT2D eigenvalue weighted by Gasteiger charge is 2.05. The molecule has 0 aliphatic rings. The zero-order valence-corrected chi connectivity index (χ0v) is 12.9. The van der Waals surface area contributed by atoms with Gasteiger partial charge in [0.05, 0.1) is 18.4 Å². The van der Waals surface area contributed by atoms with E-state index in [0.29, 0.717) is 13.0 Å². The zero-order valence-electron chi connectivity index (χ0n) is 12.9. The number of hydrogen-bond acceptors (Lipinski definition) is 2. The summed E-state index contributed by atoms with van der Waals surface area (Å²) in [5, 5.41) is 7.18. The standard InChI is InChI=1S/C19H19N3O/c23-19(12-11-16-7-3-1-4-8-16)21-18-13-20-22(15-18)14-17-9-5-2-6-10-17/h1-10,13,15H,11-12,14H2,(H,21,23). The van der Waals surface area contributed by atoms with Crippen LogP contribution >= 0.6 is 0 Å². The van der Waals surface area contributed by atoms with Crippen molar-refractivity contribution in [1.82, 2.24) is 9.78 Å². The van der Waals surface area contributed by atoms with Crippen molar-refractivity contribution in [3.8, 4) is 0 Å². The Balaban J connectivity index is 1.51. The second-order valence-electron chi connectivity index (χ2n) is 5.45. The predicted molar refractivity (Wildman–Crippen MR) is 91.2 cm³/mol. The van der Waals surface area contributed by atoms with Gasteiger partial charge in [-0.05, 0) is 17.5 Å². The van der Waals surface area contributed by atoms with E-state index in [-0.39, 0.29) is 5.91 Å². The van der Waals surface area contributed by atoms with Crippen molar-refractivity contribution >= 4 is 11.6 Å². The number of hydrogen-bond donors (Lipinski definition) is 1. The predicted octanol–water partition coefficient (Wildman–Crippen LogP) is 3.50. The molecule has 0 fully saturated rings. The highest BCUT2D eigenvalue weighted by molar-refractivity contribution is 5.90. The number of amides is 1. The van der Waals surface area contributed by atoms with Gasteiger partial charge in [0.1, 0.15) is 0 Å². The van der Waals surface area contributed by atoms with E-state index in [4.69, 9.17) is 0 Å². The quantitative estimate of drug-likeness (QED) is 0.757. The number of benzene rings is 2. The molecule has 1 N–H and O–H groups in total. The molecule has 116 valence electrons. The van der Waals surface area contributed by atoms with Crippen LogP contribution in [-0.2, 0) is 17.8 Å². The molecular formula is C19H19N3O. The van der Waals surface area contributed by atoms with E-state index in [1.165, 1.54) is 11.1 Å². The number of nitrogens with zero attached hydrogens (tertiary/aromatic N) is 2. The molecule has 0 radical (unpaired) electrons. The maximum Gasteiger partial charge on any atom is 0.224 e. The largest absolute Gasteiger partial charge is 0.323 e. The number of carbonyl (C=O) groups is 1. The number of nitrogens with one attached hydrogen (secondary N) is 1. The molecule has 0 atom stereocenters. The van der Waals surface area contributed by atoms with Gasteiger partial charge in [-0.25, -0.2) is 0 Å². The van der Waals surface area contributed by atoms with Crippen molar-refractivity contribution in [3.05, 3.63) is 84.2 Å². The van der Waals surface area contributed by atoms with E-state index in [0.717, 1.165) is 12.1 Å². The lowest BCUT2D eigenvalue weighted by Gasteiger charge is -2.03. The Morgan fingerprint density at radius 3 is 2.30 bits per heavy atom. The van der Waals surface area contributed by atoms with Gasteiger partial charge in [0.25, 0.3) is 0 Å². The molecule has 4 heteroatoms. The summed E-state index contributed by atoms with van der Waals surface area (Å²) in [6.07, 6.45) is 4.75. The minimum Gasteiger partial charge on any atom is -0.323 e. The molecule has 0 spiro atoms. The Morgan fingerprint density at radius 2 is 1.61 bits per heavy atom. The lowest BCUT2D eigenvalue weighted by molar-refractivity contribution is -0.116. The summed E-state index contributed by atoms with van der Waals surface area (Å²) >= 11 is 0. The molecule has 23 heavy (non-hydrogen) atoms. The number of anilines is 1. The first-order valence-electron chi connectivity index (χ1n) is 7.70. The second-order valence-corrected chi connectivity index (χ2v) is 5.45. The molecule has 3 aromatic rings. The van der Waals surface area contributed by atoms with Gasteiger partial charge >= 0.3 is 0 Å². The SMILES string of the molecule is O=C(CCc1ccccc1)Nc1cnn(Cc2ccccc2)c1. The summed E-state index contributed by atoms with van der Waals surface area (Å²) in [4.78, 5) is 12.0. The van der Waals surface area contributed by atoms with Crippen LogP contribution in [0.3, 0.4) is 0 Å². The summed E-state index contributed by atoms with van der Waals surface area (Å²) < 4.78 is 1.82. The molecule has 1 aromatic heterocycles. The Kier molecular flexibility index (Phi) is 4.84. The first-order valence-corrected chi connectivity index (χ1v) is 7.70. The van der Waals surface area contributed by atoms with Crippen LogP contribution in [0.2, 0.25) is 0 Å². The zero-order chi connectivity index (χ0) is 15.9. The highest BCUT2D eigenvalue weighted by Crippen LogP contribution is 2.09. The Bertz CT molecular complexity index is 751. The highest BCUT2D eigenvalue weighted by atomic mass is 16.1. The fraction of sp³-hybridized carbons (Fsp3) is 0.158. The van der Waals surface area contributed by atoms with E-state index >= 15 is 0 Å². The smallest absolute Gasteiger partial charge is 0.224 e.